The SMILES string of the molecule is C#CCN(CC)S(=O)(=O)c1cc(CNCCC)sc1C. The number of hydrogen-bond acceptors (Lipinski definition) is 4. The third kappa shape index (κ3) is 4.06. The van der Waals surface area contributed by atoms with Gasteiger partial charge in [0.15, 0.2) is 0 Å². The summed E-state index contributed by atoms with van der Waals surface area (Å²) in [5.74, 6) is 2.40. The van der Waals surface area contributed by atoms with Crippen LogP contribution < -0.4 is 5.32 Å². The predicted molar refractivity (Wildman–Crippen MR) is 84.3 cm³/mol. The van der Waals surface area contributed by atoms with Crippen LogP contribution in [0.15, 0.2) is 11.0 Å². The molecule has 0 saturated heterocycles. The van der Waals surface area contributed by atoms with E-state index >= 15 is 0 Å². The zero-order valence-electron chi connectivity index (χ0n) is 12.3. The summed E-state index contributed by atoms with van der Waals surface area (Å²) in [4.78, 5) is 2.23. The van der Waals surface area contributed by atoms with Crippen LogP contribution in [0.4, 0.5) is 0 Å². The highest BCUT2D eigenvalue weighted by Gasteiger charge is 2.25. The fourth-order valence-corrected chi connectivity index (χ4v) is 4.80. The van der Waals surface area contributed by atoms with Crippen LogP contribution in [0, 0.1) is 19.3 Å². The third-order valence-corrected chi connectivity index (χ3v) is 6.11. The molecule has 0 unspecified atom stereocenters. The number of aryl methyl sites for hydroxylation is 1. The van der Waals surface area contributed by atoms with Crippen molar-refractivity contribution in [1.82, 2.24) is 9.62 Å². The monoisotopic (exact) mass is 314 g/mol. The van der Waals surface area contributed by atoms with Gasteiger partial charge in [-0.25, -0.2) is 8.42 Å². The lowest BCUT2D eigenvalue weighted by Crippen LogP contribution is -2.31. The fraction of sp³-hybridized carbons (Fsp3) is 0.571. The number of nitrogens with one attached hydrogen (secondary N) is 1. The summed E-state index contributed by atoms with van der Waals surface area (Å²) in [6, 6.07) is 1.76. The van der Waals surface area contributed by atoms with Crippen molar-refractivity contribution in [3.05, 3.63) is 15.8 Å². The summed E-state index contributed by atoms with van der Waals surface area (Å²) < 4.78 is 26.4. The molecule has 1 heterocycles. The van der Waals surface area contributed by atoms with E-state index in [1.54, 1.807) is 13.0 Å². The average Bonchev–Trinajstić information content (AvgIpc) is 2.78. The molecule has 0 spiro atoms. The molecule has 0 radical (unpaired) electrons. The quantitative estimate of drug-likeness (QED) is 0.591. The Morgan fingerprint density at radius 3 is 2.70 bits per heavy atom. The zero-order valence-corrected chi connectivity index (χ0v) is 13.9. The van der Waals surface area contributed by atoms with Gasteiger partial charge in [-0.2, -0.15) is 4.31 Å². The second-order valence-electron chi connectivity index (χ2n) is 4.45. The van der Waals surface area contributed by atoms with Crippen molar-refractivity contribution >= 4 is 21.4 Å². The van der Waals surface area contributed by atoms with Gasteiger partial charge in [0.05, 0.1) is 11.4 Å². The molecule has 1 N–H and O–H groups in total. The summed E-state index contributed by atoms with van der Waals surface area (Å²) in [6.45, 7) is 7.85. The molecule has 0 saturated carbocycles. The van der Waals surface area contributed by atoms with Crippen LogP contribution in [-0.4, -0.2) is 32.4 Å². The molecular formula is C14H22N2O2S2. The summed E-state index contributed by atoms with van der Waals surface area (Å²) in [6.07, 6.45) is 6.30. The van der Waals surface area contributed by atoms with Crippen LogP contribution in [0.5, 0.6) is 0 Å². The smallest absolute Gasteiger partial charge is 0.245 e. The van der Waals surface area contributed by atoms with Crippen molar-refractivity contribution in [2.45, 2.75) is 38.6 Å². The van der Waals surface area contributed by atoms with Gasteiger partial charge in [0.1, 0.15) is 0 Å². The maximum absolute atomic E-state index is 12.5. The van der Waals surface area contributed by atoms with E-state index in [1.165, 1.54) is 15.6 Å². The van der Waals surface area contributed by atoms with E-state index in [0.717, 1.165) is 22.7 Å². The highest BCUT2D eigenvalue weighted by molar-refractivity contribution is 7.89. The zero-order chi connectivity index (χ0) is 15.2. The van der Waals surface area contributed by atoms with Crippen molar-refractivity contribution in [3.63, 3.8) is 0 Å². The van der Waals surface area contributed by atoms with E-state index in [1.807, 2.05) is 6.92 Å². The van der Waals surface area contributed by atoms with Crippen LogP contribution in [0.3, 0.4) is 0 Å². The normalized spacial score (nSPS) is 11.8. The van der Waals surface area contributed by atoms with E-state index in [9.17, 15) is 8.42 Å². The van der Waals surface area contributed by atoms with Gasteiger partial charge in [-0.15, -0.1) is 17.8 Å². The predicted octanol–water partition coefficient (Wildman–Crippen LogP) is 2.20. The minimum atomic E-state index is -3.48. The molecule has 1 aromatic heterocycles. The maximum Gasteiger partial charge on any atom is 0.245 e. The Hall–Kier alpha value is -0.870. The standard InChI is InChI=1S/C14H22N2O2S2/c1-5-8-15-11-13-10-14(12(4)19-13)20(17,18)16(7-3)9-6-2/h2,10,15H,5,7-9,11H2,1,3-4H3. The lowest BCUT2D eigenvalue weighted by atomic mass is 10.4. The Morgan fingerprint density at radius 2 is 2.15 bits per heavy atom. The lowest BCUT2D eigenvalue weighted by molar-refractivity contribution is 0.464. The van der Waals surface area contributed by atoms with Crippen molar-refractivity contribution in [2.24, 2.45) is 0 Å². The highest BCUT2D eigenvalue weighted by atomic mass is 32.2. The minimum Gasteiger partial charge on any atom is -0.312 e. The van der Waals surface area contributed by atoms with E-state index in [4.69, 9.17) is 6.42 Å². The molecule has 1 aromatic rings. The van der Waals surface area contributed by atoms with Gasteiger partial charge >= 0.3 is 0 Å². The molecule has 1 rings (SSSR count). The highest BCUT2D eigenvalue weighted by Crippen LogP contribution is 2.28. The van der Waals surface area contributed by atoms with Gasteiger partial charge in [0.25, 0.3) is 0 Å². The Kier molecular flexibility index (Phi) is 6.69. The fourth-order valence-electron chi connectivity index (χ4n) is 1.86. The van der Waals surface area contributed by atoms with E-state index in [-0.39, 0.29) is 6.54 Å². The van der Waals surface area contributed by atoms with E-state index in [0.29, 0.717) is 18.0 Å². The van der Waals surface area contributed by atoms with Crippen LogP contribution in [0.1, 0.15) is 30.0 Å². The van der Waals surface area contributed by atoms with Crippen LogP contribution >= 0.6 is 11.3 Å². The van der Waals surface area contributed by atoms with Gasteiger partial charge in [-0.1, -0.05) is 19.8 Å². The number of terminal acetylenes is 1. The van der Waals surface area contributed by atoms with Gasteiger partial charge < -0.3 is 5.32 Å². The first kappa shape index (κ1) is 17.2. The minimum absolute atomic E-state index is 0.109. The molecule has 0 fully saturated rings. The molecule has 0 amide bonds. The molecule has 6 heteroatoms. The molecule has 112 valence electrons. The molecule has 0 atom stereocenters. The second-order valence-corrected chi connectivity index (χ2v) is 7.69. The molecule has 0 bridgehead atoms. The van der Waals surface area contributed by atoms with E-state index in [2.05, 4.69) is 18.2 Å². The Balaban J connectivity index is 2.98. The first-order chi connectivity index (χ1) is 9.47. The largest absolute Gasteiger partial charge is 0.312 e. The van der Waals surface area contributed by atoms with Gasteiger partial charge in [-0.3, -0.25) is 0 Å². The van der Waals surface area contributed by atoms with Crippen molar-refractivity contribution < 1.29 is 8.42 Å². The van der Waals surface area contributed by atoms with Crippen LogP contribution in [0.2, 0.25) is 0 Å². The van der Waals surface area contributed by atoms with Gasteiger partial charge in [0, 0.05) is 22.8 Å². The summed E-state index contributed by atoms with van der Waals surface area (Å²) in [5, 5.41) is 3.28. The van der Waals surface area contributed by atoms with Gasteiger partial charge in [-0.05, 0) is 26.0 Å². The maximum atomic E-state index is 12.5. The first-order valence-electron chi connectivity index (χ1n) is 6.71. The van der Waals surface area contributed by atoms with Crippen molar-refractivity contribution in [3.8, 4) is 12.3 Å². The second kappa shape index (κ2) is 7.79. The number of rotatable bonds is 8. The molecule has 4 nitrogen and oxygen atoms in total. The van der Waals surface area contributed by atoms with Crippen LogP contribution in [-0.2, 0) is 16.6 Å². The summed E-state index contributed by atoms with van der Waals surface area (Å²) in [5.41, 5.74) is 0. The molecule has 20 heavy (non-hydrogen) atoms. The molecule has 0 aromatic carbocycles. The summed E-state index contributed by atoms with van der Waals surface area (Å²) in [7, 11) is -3.48. The number of sulfonamides is 1. The average molecular weight is 314 g/mol. The Morgan fingerprint density at radius 1 is 1.45 bits per heavy atom. The third-order valence-electron chi connectivity index (χ3n) is 2.89. The van der Waals surface area contributed by atoms with Gasteiger partial charge in [0.2, 0.25) is 10.0 Å². The summed E-state index contributed by atoms with van der Waals surface area (Å²) >= 11 is 1.52. The molecule has 0 aliphatic carbocycles. The van der Waals surface area contributed by atoms with E-state index < -0.39 is 10.0 Å². The molecule has 0 aliphatic heterocycles. The Bertz CT molecular complexity index is 570. The van der Waals surface area contributed by atoms with Crippen molar-refractivity contribution in [2.75, 3.05) is 19.6 Å². The number of hydrogen-bond donors (Lipinski definition) is 1. The first-order valence-corrected chi connectivity index (χ1v) is 8.96. The topological polar surface area (TPSA) is 49.4 Å². The Labute approximate surface area is 126 Å². The number of nitrogens with zero attached hydrogens (tertiary/aromatic N) is 1. The molecular weight excluding hydrogens is 292 g/mol. The lowest BCUT2D eigenvalue weighted by Gasteiger charge is -2.17. The molecule has 0 aliphatic rings. The number of thiophene rings is 1. The van der Waals surface area contributed by atoms with Crippen molar-refractivity contribution in [1.29, 1.82) is 0 Å². The van der Waals surface area contributed by atoms with Crippen LogP contribution in [0.25, 0.3) is 0 Å².